The molecule has 0 aliphatic heterocycles. The molecule has 2 aromatic carbocycles. The minimum Gasteiger partial charge on any atom is -0.324 e. The highest BCUT2D eigenvalue weighted by Gasteiger charge is 2.20. The first-order chi connectivity index (χ1) is 13.9. The molecule has 3 rings (SSSR count). The summed E-state index contributed by atoms with van der Waals surface area (Å²) in [4.78, 5) is 14.2. The molecule has 1 heterocycles. The van der Waals surface area contributed by atoms with Crippen LogP contribution in [0.1, 0.15) is 70.0 Å². The van der Waals surface area contributed by atoms with Crippen molar-refractivity contribution in [3.05, 3.63) is 59.7 Å². The number of carbonyl (C=O) groups excluding carboxylic acids is 1. The van der Waals surface area contributed by atoms with E-state index in [1.165, 1.54) is 10.4 Å². The highest BCUT2D eigenvalue weighted by molar-refractivity contribution is 5.94. The minimum atomic E-state index is -0.573. The van der Waals surface area contributed by atoms with Gasteiger partial charge >= 0.3 is 0 Å². The van der Waals surface area contributed by atoms with E-state index >= 15 is 0 Å². The van der Waals surface area contributed by atoms with Crippen molar-refractivity contribution in [3.63, 3.8) is 0 Å². The highest BCUT2D eigenvalue weighted by Crippen LogP contribution is 2.27. The second-order valence-electron chi connectivity index (χ2n) is 7.77. The Bertz CT molecular complexity index is 961. The van der Waals surface area contributed by atoms with Crippen molar-refractivity contribution in [3.8, 4) is 11.4 Å². The molecule has 0 saturated carbocycles. The van der Waals surface area contributed by atoms with E-state index in [-0.39, 0.29) is 5.91 Å². The number of nitrogens with one attached hydrogen (secondary N) is 1. The predicted octanol–water partition coefficient (Wildman–Crippen LogP) is 5.18. The molecule has 6 nitrogen and oxygen atoms in total. The molecular weight excluding hydrogens is 362 g/mol. The lowest BCUT2D eigenvalue weighted by Crippen LogP contribution is -2.26. The van der Waals surface area contributed by atoms with E-state index in [1.54, 1.807) is 6.92 Å². The number of hydrogen-bond acceptors (Lipinski definition) is 4. The number of anilines is 1. The van der Waals surface area contributed by atoms with Crippen molar-refractivity contribution in [1.82, 2.24) is 20.2 Å². The Hall–Kier alpha value is -3.02. The van der Waals surface area contributed by atoms with Crippen LogP contribution < -0.4 is 5.32 Å². The third kappa shape index (κ3) is 4.70. The summed E-state index contributed by atoms with van der Waals surface area (Å²) in [6.07, 6.45) is 1.01. The Balaban J connectivity index is 1.74. The van der Waals surface area contributed by atoms with E-state index < -0.39 is 6.04 Å². The maximum absolute atomic E-state index is 12.8. The summed E-state index contributed by atoms with van der Waals surface area (Å²) in [5, 5.41) is 15.7. The molecule has 152 valence electrons. The van der Waals surface area contributed by atoms with Crippen molar-refractivity contribution in [2.45, 2.75) is 58.9 Å². The number of aromatic nitrogens is 4. The molecule has 2 atom stereocenters. The maximum atomic E-state index is 12.8. The fraction of sp³-hybridized carbons (Fsp3) is 0.391. The van der Waals surface area contributed by atoms with Gasteiger partial charge in [0.25, 0.3) is 5.91 Å². The Morgan fingerprint density at radius 2 is 1.72 bits per heavy atom. The first-order valence-corrected chi connectivity index (χ1v) is 10.2. The lowest BCUT2D eigenvalue weighted by molar-refractivity contribution is -0.119. The van der Waals surface area contributed by atoms with Crippen molar-refractivity contribution in [2.75, 3.05) is 5.32 Å². The molecule has 3 aromatic rings. The second-order valence-corrected chi connectivity index (χ2v) is 7.77. The fourth-order valence-electron chi connectivity index (χ4n) is 3.12. The number of rotatable bonds is 7. The molecule has 1 aromatic heterocycles. The molecule has 29 heavy (non-hydrogen) atoms. The SMILES string of the molecule is CC[C@H](C)c1ccccc1NC(=O)[C@@H](C)n1nnc(-c2ccc(C(C)C)cc2)n1. The van der Waals surface area contributed by atoms with E-state index in [1.807, 2.05) is 30.3 Å². The molecule has 0 unspecified atom stereocenters. The molecular formula is C23H29N5O. The Morgan fingerprint density at radius 1 is 1.03 bits per heavy atom. The Morgan fingerprint density at radius 3 is 2.38 bits per heavy atom. The maximum Gasteiger partial charge on any atom is 0.250 e. The van der Waals surface area contributed by atoms with Gasteiger partial charge in [0.1, 0.15) is 6.04 Å². The summed E-state index contributed by atoms with van der Waals surface area (Å²) in [5.41, 5.74) is 4.11. The van der Waals surface area contributed by atoms with Crippen molar-refractivity contribution in [1.29, 1.82) is 0 Å². The lowest BCUT2D eigenvalue weighted by atomic mass is 9.97. The molecule has 0 aliphatic carbocycles. The topological polar surface area (TPSA) is 72.7 Å². The third-order valence-electron chi connectivity index (χ3n) is 5.35. The van der Waals surface area contributed by atoms with E-state index in [9.17, 15) is 4.79 Å². The van der Waals surface area contributed by atoms with E-state index in [0.717, 1.165) is 23.2 Å². The van der Waals surface area contributed by atoms with Crippen molar-refractivity contribution >= 4 is 11.6 Å². The van der Waals surface area contributed by atoms with E-state index in [0.29, 0.717) is 17.7 Å². The number of nitrogens with zero attached hydrogens (tertiary/aromatic N) is 4. The van der Waals surface area contributed by atoms with Crippen LogP contribution in [-0.4, -0.2) is 26.1 Å². The standard InChI is InChI=1S/C23H29N5O/c1-6-16(4)20-9-7-8-10-21(20)24-23(29)17(5)28-26-22(25-27-28)19-13-11-18(12-14-19)15(2)3/h7-17H,6H2,1-5H3,(H,24,29)/t16-,17+/m0/s1. The molecule has 1 N–H and O–H groups in total. The van der Waals surface area contributed by atoms with Gasteiger partial charge in [0.2, 0.25) is 5.82 Å². The van der Waals surface area contributed by atoms with Gasteiger partial charge in [0.15, 0.2) is 0 Å². The number of hydrogen-bond donors (Lipinski definition) is 1. The molecule has 1 amide bonds. The fourth-order valence-corrected chi connectivity index (χ4v) is 3.12. The summed E-state index contributed by atoms with van der Waals surface area (Å²) >= 11 is 0. The minimum absolute atomic E-state index is 0.167. The summed E-state index contributed by atoms with van der Waals surface area (Å²) in [7, 11) is 0. The third-order valence-corrected chi connectivity index (χ3v) is 5.35. The van der Waals surface area contributed by atoms with Crippen LogP contribution in [0.5, 0.6) is 0 Å². The molecule has 0 saturated heterocycles. The van der Waals surface area contributed by atoms with Crippen LogP contribution >= 0.6 is 0 Å². The van der Waals surface area contributed by atoms with Crippen LogP contribution in [0.15, 0.2) is 48.5 Å². The van der Waals surface area contributed by atoms with Crippen LogP contribution in [0, 0.1) is 0 Å². The molecule has 0 aliphatic rings. The van der Waals surface area contributed by atoms with Gasteiger partial charge < -0.3 is 5.32 Å². The lowest BCUT2D eigenvalue weighted by Gasteiger charge is -2.17. The van der Waals surface area contributed by atoms with Gasteiger partial charge in [-0.3, -0.25) is 4.79 Å². The second kappa shape index (κ2) is 8.99. The van der Waals surface area contributed by atoms with E-state index in [4.69, 9.17) is 0 Å². The van der Waals surface area contributed by atoms with E-state index in [2.05, 4.69) is 66.6 Å². The van der Waals surface area contributed by atoms with Crippen LogP contribution in [0.4, 0.5) is 5.69 Å². The van der Waals surface area contributed by atoms with Crippen LogP contribution in [-0.2, 0) is 4.79 Å². The molecule has 0 fully saturated rings. The van der Waals surface area contributed by atoms with Gasteiger partial charge in [-0.15, -0.1) is 10.2 Å². The zero-order valence-corrected chi connectivity index (χ0v) is 17.8. The van der Waals surface area contributed by atoms with Crippen molar-refractivity contribution < 1.29 is 4.79 Å². The summed E-state index contributed by atoms with van der Waals surface area (Å²) in [6.45, 7) is 10.4. The van der Waals surface area contributed by atoms with Crippen LogP contribution in [0.25, 0.3) is 11.4 Å². The molecule has 6 heteroatoms. The molecule has 0 radical (unpaired) electrons. The van der Waals surface area contributed by atoms with Crippen molar-refractivity contribution in [2.24, 2.45) is 0 Å². The monoisotopic (exact) mass is 391 g/mol. The first-order valence-electron chi connectivity index (χ1n) is 10.2. The number of para-hydroxylation sites is 1. The smallest absolute Gasteiger partial charge is 0.250 e. The Labute approximate surface area is 172 Å². The average Bonchev–Trinajstić information content (AvgIpc) is 3.23. The summed E-state index contributed by atoms with van der Waals surface area (Å²) in [5.74, 6) is 1.18. The van der Waals surface area contributed by atoms with Crippen LogP contribution in [0.3, 0.4) is 0 Å². The number of tetrazole rings is 1. The van der Waals surface area contributed by atoms with Gasteiger partial charge in [-0.2, -0.15) is 4.80 Å². The number of carbonyl (C=O) groups is 1. The predicted molar refractivity (Wildman–Crippen MR) is 116 cm³/mol. The van der Waals surface area contributed by atoms with Gasteiger partial charge in [-0.05, 0) is 47.6 Å². The van der Waals surface area contributed by atoms with Gasteiger partial charge in [-0.25, -0.2) is 0 Å². The molecule has 0 spiro atoms. The normalized spacial score (nSPS) is 13.3. The molecule has 0 bridgehead atoms. The summed E-state index contributed by atoms with van der Waals surface area (Å²) in [6, 6.07) is 15.5. The zero-order chi connectivity index (χ0) is 21.0. The van der Waals surface area contributed by atoms with Crippen LogP contribution in [0.2, 0.25) is 0 Å². The quantitative estimate of drug-likeness (QED) is 0.602. The number of amides is 1. The summed E-state index contributed by atoms with van der Waals surface area (Å²) < 4.78 is 0. The zero-order valence-electron chi connectivity index (χ0n) is 17.8. The highest BCUT2D eigenvalue weighted by atomic mass is 16.2. The number of benzene rings is 2. The average molecular weight is 392 g/mol. The Kier molecular flexibility index (Phi) is 6.42. The largest absolute Gasteiger partial charge is 0.324 e. The first kappa shape index (κ1) is 20.7. The van der Waals surface area contributed by atoms with Gasteiger partial charge in [0.05, 0.1) is 0 Å². The van der Waals surface area contributed by atoms with Gasteiger partial charge in [0, 0.05) is 11.3 Å². The van der Waals surface area contributed by atoms with Gasteiger partial charge in [-0.1, -0.05) is 70.2 Å².